The molecule has 4 nitrogen and oxygen atoms in total. The van der Waals surface area contributed by atoms with Crippen LogP contribution in [0.5, 0.6) is 11.5 Å². The molecule has 0 saturated heterocycles. The maximum absolute atomic E-state index is 10.7. The van der Waals surface area contributed by atoms with Crippen LogP contribution in [0.3, 0.4) is 0 Å². The number of carboxylic acids is 1. The van der Waals surface area contributed by atoms with E-state index in [4.69, 9.17) is 9.47 Å². The molecule has 0 atom stereocenters. The summed E-state index contributed by atoms with van der Waals surface area (Å²) in [5.41, 5.74) is 0.0331. The Balaban J connectivity index is 0.00000196. The van der Waals surface area contributed by atoms with Crippen molar-refractivity contribution in [1.82, 2.24) is 0 Å². The van der Waals surface area contributed by atoms with Crippen LogP contribution in [0.15, 0.2) is 12.1 Å². The molecule has 0 N–H and O–H groups in total. The van der Waals surface area contributed by atoms with Gasteiger partial charge in [-0.25, -0.2) is 0 Å². The molecule has 0 amide bonds. The Hall–Kier alpha value is -0.515. The molecule has 0 fully saturated rings. The number of benzene rings is 1. The Morgan fingerprint density at radius 3 is 2.33 bits per heavy atom. The fourth-order valence-electron chi connectivity index (χ4n) is 1.32. The minimum atomic E-state index is -1.26. The molecule has 70 valence electrons. The van der Waals surface area contributed by atoms with Crippen LogP contribution in [0.25, 0.3) is 0 Å². The van der Waals surface area contributed by atoms with Gasteiger partial charge in [0.2, 0.25) is 0 Å². The molecule has 0 aliphatic rings. The normalized spacial score (nSPS) is 9.07. The van der Waals surface area contributed by atoms with Gasteiger partial charge in [-0.2, -0.15) is 0 Å². The summed E-state index contributed by atoms with van der Waals surface area (Å²) < 4.78 is 10.7. The van der Waals surface area contributed by atoms with E-state index in [9.17, 15) is 9.90 Å². The zero-order valence-electron chi connectivity index (χ0n) is 9.29. The predicted molar refractivity (Wildman–Crippen MR) is 49.3 cm³/mol. The van der Waals surface area contributed by atoms with E-state index in [1.54, 1.807) is 23.8 Å². The van der Waals surface area contributed by atoms with E-state index >= 15 is 0 Å². The number of hydrogen-bond donors (Lipinski definition) is 0. The summed E-state index contributed by atoms with van der Waals surface area (Å²) in [6.07, 6.45) is 0. The van der Waals surface area contributed by atoms with Crippen molar-refractivity contribution in [3.63, 3.8) is 0 Å². The Bertz CT molecular complexity index is 365. The van der Waals surface area contributed by atoms with Crippen LogP contribution in [-0.4, -0.2) is 37.9 Å². The SMILES string of the molecule is [Li+].[Li][c]1c(OC)ccc(C(=O)[O-])c1OC. The summed E-state index contributed by atoms with van der Waals surface area (Å²) in [7, 11) is 2.93. The molecule has 0 bridgehead atoms. The van der Waals surface area contributed by atoms with E-state index in [0.29, 0.717) is 9.99 Å². The summed E-state index contributed by atoms with van der Waals surface area (Å²) >= 11 is 1.73. The molecule has 0 spiro atoms. The van der Waals surface area contributed by atoms with Gasteiger partial charge in [-0.15, -0.1) is 0 Å². The molecule has 1 aromatic carbocycles. The van der Waals surface area contributed by atoms with Crippen LogP contribution in [-0.2, 0) is 0 Å². The first kappa shape index (κ1) is 14.5. The minimum absolute atomic E-state index is 0. The third kappa shape index (κ3) is 2.97. The van der Waals surface area contributed by atoms with Crippen molar-refractivity contribution in [2.75, 3.05) is 14.2 Å². The summed E-state index contributed by atoms with van der Waals surface area (Å²) in [5.74, 6) is -0.385. The van der Waals surface area contributed by atoms with Crippen LogP contribution >= 0.6 is 0 Å². The number of hydrogen-bond acceptors (Lipinski definition) is 4. The molecule has 0 saturated carbocycles. The molecule has 0 heterocycles. The quantitative estimate of drug-likeness (QED) is 0.458. The number of carbonyl (C=O) groups excluding carboxylic acids is 1. The van der Waals surface area contributed by atoms with Crippen molar-refractivity contribution >= 4 is 27.9 Å². The first-order chi connectivity index (χ1) is 6.61. The zero-order valence-corrected chi connectivity index (χ0v) is 9.29. The molecule has 0 aromatic heterocycles. The summed E-state index contributed by atoms with van der Waals surface area (Å²) in [6, 6.07) is 2.98. The molecule has 0 unspecified atom stereocenters. The number of carbonyl (C=O) groups is 1. The fraction of sp³-hybridized carbons (Fsp3) is 0.222. The van der Waals surface area contributed by atoms with Crippen molar-refractivity contribution in [2.45, 2.75) is 0 Å². The molecule has 0 radical (unpaired) electrons. The van der Waals surface area contributed by atoms with Crippen LogP contribution < -0.4 is 37.7 Å². The van der Waals surface area contributed by atoms with Gasteiger partial charge in [-0.05, 0) is 0 Å². The first-order valence-corrected chi connectivity index (χ1v) is 4.04. The van der Waals surface area contributed by atoms with Gasteiger partial charge in [0.25, 0.3) is 0 Å². The predicted octanol–water partition coefficient (Wildman–Crippen LogP) is -4.13. The van der Waals surface area contributed by atoms with Gasteiger partial charge in [0.05, 0.1) is 0 Å². The standard InChI is InChI=1S/C9H9O4.2Li/c1-12-6-3-4-7(9(10)11)8(5-6)13-2;;/h3-4H,1-2H3,(H,10,11);;/q;;+1/p-1. The topological polar surface area (TPSA) is 58.6 Å². The molecular formula is C9H8Li2O4. The molecule has 0 aliphatic heterocycles. The molecule has 6 heteroatoms. The van der Waals surface area contributed by atoms with E-state index in [2.05, 4.69) is 0 Å². The van der Waals surface area contributed by atoms with E-state index in [0.717, 1.165) is 0 Å². The van der Waals surface area contributed by atoms with Gasteiger partial charge >= 0.3 is 110 Å². The number of carboxylic acid groups (broad SMARTS) is 1. The van der Waals surface area contributed by atoms with Crippen molar-refractivity contribution in [1.29, 1.82) is 0 Å². The van der Waals surface area contributed by atoms with E-state index < -0.39 is 5.97 Å². The number of aromatic carboxylic acids is 1. The van der Waals surface area contributed by atoms with Gasteiger partial charge in [0.15, 0.2) is 0 Å². The Morgan fingerprint density at radius 2 is 1.93 bits per heavy atom. The third-order valence-electron chi connectivity index (χ3n) is 2.00. The van der Waals surface area contributed by atoms with E-state index in [-0.39, 0.29) is 30.2 Å². The Kier molecular flexibility index (Phi) is 5.94. The average Bonchev–Trinajstić information content (AvgIpc) is 2.17. The van der Waals surface area contributed by atoms with Crippen LogP contribution in [0.1, 0.15) is 10.4 Å². The van der Waals surface area contributed by atoms with Gasteiger partial charge in [-0.3, -0.25) is 0 Å². The van der Waals surface area contributed by atoms with Crippen molar-refractivity contribution in [2.24, 2.45) is 0 Å². The second-order valence-electron chi connectivity index (χ2n) is 2.76. The fourth-order valence-corrected chi connectivity index (χ4v) is 1.32. The maximum atomic E-state index is 10.7. The van der Waals surface area contributed by atoms with Crippen molar-refractivity contribution in [3.8, 4) is 11.5 Å². The van der Waals surface area contributed by atoms with Gasteiger partial charge < -0.3 is 0 Å². The number of methoxy groups -OCH3 is 2. The zero-order chi connectivity index (χ0) is 10.7. The third-order valence-corrected chi connectivity index (χ3v) is 2.00. The van der Waals surface area contributed by atoms with Crippen molar-refractivity contribution in [3.05, 3.63) is 17.7 Å². The first-order valence-electron chi connectivity index (χ1n) is 4.04. The van der Waals surface area contributed by atoms with Crippen LogP contribution in [0, 0.1) is 0 Å². The molecular weight excluding hydrogens is 186 g/mol. The average molecular weight is 194 g/mol. The molecule has 1 aromatic rings. The monoisotopic (exact) mass is 194 g/mol. The van der Waals surface area contributed by atoms with E-state index in [1.807, 2.05) is 0 Å². The number of rotatable bonds is 3. The van der Waals surface area contributed by atoms with E-state index in [1.165, 1.54) is 20.3 Å². The van der Waals surface area contributed by atoms with Gasteiger partial charge in [-0.1, -0.05) is 0 Å². The van der Waals surface area contributed by atoms with Gasteiger partial charge in [0.1, 0.15) is 0 Å². The van der Waals surface area contributed by atoms with Gasteiger partial charge in [0, 0.05) is 0 Å². The van der Waals surface area contributed by atoms with Crippen LogP contribution in [0.2, 0.25) is 0 Å². The summed E-state index contributed by atoms with van der Waals surface area (Å²) in [6.45, 7) is 0. The van der Waals surface area contributed by atoms with Crippen molar-refractivity contribution < 1.29 is 38.2 Å². The second-order valence-corrected chi connectivity index (χ2v) is 2.76. The van der Waals surface area contributed by atoms with Crippen LogP contribution in [0.4, 0.5) is 0 Å². The number of ether oxygens (including phenoxy) is 2. The Morgan fingerprint density at radius 1 is 1.33 bits per heavy atom. The summed E-state index contributed by atoms with van der Waals surface area (Å²) in [5, 5.41) is 10.7. The molecule has 15 heavy (non-hydrogen) atoms. The Labute approximate surface area is 109 Å². The molecule has 1 rings (SSSR count). The summed E-state index contributed by atoms with van der Waals surface area (Å²) in [4.78, 5) is 10.7. The molecule has 0 aliphatic carbocycles. The second kappa shape index (κ2) is 6.15.